The molecule has 0 radical (unpaired) electrons. The van der Waals surface area contributed by atoms with Crippen LogP contribution in [0.4, 0.5) is 0 Å². The Bertz CT molecular complexity index is 613. The third-order valence-electron chi connectivity index (χ3n) is 3.45. The van der Waals surface area contributed by atoms with E-state index in [-0.39, 0.29) is 6.10 Å². The monoisotopic (exact) mass is 298 g/mol. The molecule has 0 fully saturated rings. The van der Waals surface area contributed by atoms with Crippen molar-refractivity contribution in [1.82, 2.24) is 5.32 Å². The fraction of sp³-hybridized carbons (Fsp3) is 0.278. The van der Waals surface area contributed by atoms with Crippen molar-refractivity contribution >= 4 is 5.91 Å². The van der Waals surface area contributed by atoms with Gasteiger partial charge in [0.2, 0.25) is 5.91 Å². The van der Waals surface area contributed by atoms with Gasteiger partial charge in [-0.15, -0.1) is 0 Å². The number of rotatable bonds is 7. The summed E-state index contributed by atoms with van der Waals surface area (Å²) in [5.41, 5.74) is 7.44. The third kappa shape index (κ3) is 4.33. The predicted molar refractivity (Wildman–Crippen MR) is 87.6 cm³/mol. The summed E-state index contributed by atoms with van der Waals surface area (Å²) in [5.74, 6) is 0.460. The van der Waals surface area contributed by atoms with E-state index in [9.17, 15) is 4.79 Å². The average molecular weight is 298 g/mol. The van der Waals surface area contributed by atoms with Crippen LogP contribution in [0.3, 0.4) is 0 Å². The van der Waals surface area contributed by atoms with E-state index in [0.717, 1.165) is 16.9 Å². The Labute approximate surface area is 131 Å². The maximum absolute atomic E-state index is 11.6. The zero-order valence-corrected chi connectivity index (χ0v) is 13.0. The minimum atomic E-state index is -0.510. The molecule has 0 spiro atoms. The van der Waals surface area contributed by atoms with Crippen molar-refractivity contribution < 1.29 is 9.53 Å². The molecule has 0 aliphatic heterocycles. The first kappa shape index (κ1) is 16.0. The normalized spacial score (nSPS) is 13.4. The molecule has 0 aliphatic rings. The summed E-state index contributed by atoms with van der Waals surface area (Å²) < 4.78 is 5.90. The fourth-order valence-electron chi connectivity index (χ4n) is 2.26. The molecular formula is C18H22N2O2. The highest BCUT2D eigenvalue weighted by molar-refractivity contribution is 5.81. The van der Waals surface area contributed by atoms with Gasteiger partial charge in [0.15, 0.2) is 0 Å². The topological polar surface area (TPSA) is 64.3 Å². The number of hydrogen-bond donors (Lipinski definition) is 2. The molecule has 116 valence electrons. The number of benzene rings is 2. The summed E-state index contributed by atoms with van der Waals surface area (Å²) in [6.07, 6.45) is -0.0772. The van der Waals surface area contributed by atoms with Crippen LogP contribution in [-0.4, -0.2) is 18.6 Å². The lowest BCUT2D eigenvalue weighted by atomic mass is 10.1. The summed E-state index contributed by atoms with van der Waals surface area (Å²) >= 11 is 0. The second-order valence-corrected chi connectivity index (χ2v) is 5.35. The van der Waals surface area contributed by atoms with E-state index in [1.54, 1.807) is 0 Å². The number of ether oxygens (including phenoxy) is 1. The molecule has 0 unspecified atom stereocenters. The Balaban J connectivity index is 1.95. The number of aryl methyl sites for hydroxylation is 1. The molecule has 22 heavy (non-hydrogen) atoms. The van der Waals surface area contributed by atoms with Crippen LogP contribution in [0.15, 0.2) is 54.6 Å². The van der Waals surface area contributed by atoms with Gasteiger partial charge in [-0.25, -0.2) is 0 Å². The number of nitrogens with two attached hydrogens (primary N) is 1. The number of primary amides is 1. The van der Waals surface area contributed by atoms with Crippen molar-refractivity contribution in [3.8, 4) is 5.75 Å². The number of carbonyl (C=O) groups is 1. The van der Waals surface area contributed by atoms with Crippen LogP contribution in [0, 0.1) is 6.92 Å². The SMILES string of the molecule is Cc1ccccc1O[C@H](C)CN[C@H](C(N)=O)c1ccccc1. The van der Waals surface area contributed by atoms with Crippen molar-refractivity contribution in [2.45, 2.75) is 26.0 Å². The highest BCUT2D eigenvalue weighted by Gasteiger charge is 2.18. The number of carbonyl (C=O) groups excluding carboxylic acids is 1. The fourth-order valence-corrected chi connectivity index (χ4v) is 2.26. The zero-order valence-electron chi connectivity index (χ0n) is 13.0. The molecule has 0 saturated heterocycles. The molecule has 3 N–H and O–H groups in total. The van der Waals surface area contributed by atoms with Crippen molar-refractivity contribution in [3.05, 3.63) is 65.7 Å². The van der Waals surface area contributed by atoms with E-state index in [1.165, 1.54) is 0 Å². The lowest BCUT2D eigenvalue weighted by Crippen LogP contribution is -2.38. The van der Waals surface area contributed by atoms with Crippen LogP contribution in [0.1, 0.15) is 24.1 Å². The smallest absolute Gasteiger partial charge is 0.239 e. The molecule has 4 heteroatoms. The molecule has 4 nitrogen and oxygen atoms in total. The van der Waals surface area contributed by atoms with Crippen molar-refractivity contribution in [3.63, 3.8) is 0 Å². The summed E-state index contributed by atoms with van der Waals surface area (Å²) in [6, 6.07) is 16.8. The third-order valence-corrected chi connectivity index (χ3v) is 3.45. The highest BCUT2D eigenvalue weighted by Crippen LogP contribution is 2.18. The van der Waals surface area contributed by atoms with Crippen LogP contribution in [0.5, 0.6) is 5.75 Å². The van der Waals surface area contributed by atoms with Gasteiger partial charge in [0, 0.05) is 6.54 Å². The average Bonchev–Trinajstić information content (AvgIpc) is 2.50. The number of amides is 1. The largest absolute Gasteiger partial charge is 0.489 e. The van der Waals surface area contributed by atoms with Gasteiger partial charge in [0.25, 0.3) is 0 Å². The maximum Gasteiger partial charge on any atom is 0.239 e. The molecule has 0 aromatic heterocycles. The first-order valence-electron chi connectivity index (χ1n) is 7.38. The van der Waals surface area contributed by atoms with Gasteiger partial charge in [0.05, 0.1) is 0 Å². The van der Waals surface area contributed by atoms with E-state index >= 15 is 0 Å². The summed E-state index contributed by atoms with van der Waals surface area (Å²) in [7, 11) is 0. The Morgan fingerprint density at radius 3 is 2.41 bits per heavy atom. The number of nitrogens with one attached hydrogen (secondary N) is 1. The van der Waals surface area contributed by atoms with Crippen molar-refractivity contribution in [2.75, 3.05) is 6.54 Å². The van der Waals surface area contributed by atoms with Gasteiger partial charge in [-0.05, 0) is 31.0 Å². The summed E-state index contributed by atoms with van der Waals surface area (Å²) in [4.78, 5) is 11.6. The van der Waals surface area contributed by atoms with Gasteiger partial charge >= 0.3 is 0 Å². The lowest BCUT2D eigenvalue weighted by Gasteiger charge is -2.21. The van der Waals surface area contributed by atoms with Crippen molar-refractivity contribution in [1.29, 1.82) is 0 Å². The van der Waals surface area contributed by atoms with E-state index in [2.05, 4.69) is 5.32 Å². The minimum absolute atomic E-state index is 0.0772. The molecule has 1 amide bonds. The Kier molecular flexibility index (Phi) is 5.55. The molecule has 0 saturated carbocycles. The number of hydrogen-bond acceptors (Lipinski definition) is 3. The van der Waals surface area contributed by atoms with Crippen LogP contribution < -0.4 is 15.8 Å². The van der Waals surface area contributed by atoms with Crippen LogP contribution in [0.25, 0.3) is 0 Å². The van der Waals surface area contributed by atoms with Gasteiger partial charge in [-0.2, -0.15) is 0 Å². The first-order chi connectivity index (χ1) is 10.6. The molecule has 2 aromatic rings. The lowest BCUT2D eigenvalue weighted by molar-refractivity contribution is -0.120. The zero-order chi connectivity index (χ0) is 15.9. The molecule has 0 heterocycles. The standard InChI is InChI=1S/C18H22N2O2/c1-13-8-6-7-11-16(13)22-14(2)12-20-17(18(19)21)15-9-4-3-5-10-15/h3-11,14,17,20H,12H2,1-2H3,(H2,19,21)/t14-,17+/m1/s1. The summed E-state index contributed by atoms with van der Waals surface area (Å²) in [5, 5.41) is 3.18. The molecule has 0 bridgehead atoms. The van der Waals surface area contributed by atoms with Crippen LogP contribution >= 0.6 is 0 Å². The second-order valence-electron chi connectivity index (χ2n) is 5.35. The minimum Gasteiger partial charge on any atom is -0.489 e. The van der Waals surface area contributed by atoms with Crippen LogP contribution in [-0.2, 0) is 4.79 Å². The summed E-state index contributed by atoms with van der Waals surface area (Å²) in [6.45, 7) is 4.49. The molecule has 0 aliphatic carbocycles. The number of para-hydroxylation sites is 1. The van der Waals surface area contributed by atoms with E-state index < -0.39 is 11.9 Å². The van der Waals surface area contributed by atoms with E-state index in [1.807, 2.05) is 68.4 Å². The second kappa shape index (κ2) is 7.61. The molecule has 2 aromatic carbocycles. The predicted octanol–water partition coefficient (Wildman–Crippen LogP) is 2.58. The van der Waals surface area contributed by atoms with Gasteiger partial charge in [-0.3, -0.25) is 10.1 Å². The van der Waals surface area contributed by atoms with Gasteiger partial charge in [0.1, 0.15) is 17.9 Å². The van der Waals surface area contributed by atoms with Crippen LogP contribution in [0.2, 0.25) is 0 Å². The van der Waals surface area contributed by atoms with E-state index in [0.29, 0.717) is 6.54 Å². The first-order valence-corrected chi connectivity index (χ1v) is 7.38. The highest BCUT2D eigenvalue weighted by atomic mass is 16.5. The quantitative estimate of drug-likeness (QED) is 0.825. The van der Waals surface area contributed by atoms with E-state index in [4.69, 9.17) is 10.5 Å². The molecule has 2 atom stereocenters. The molecular weight excluding hydrogens is 276 g/mol. The molecule has 2 rings (SSSR count). The van der Waals surface area contributed by atoms with Crippen molar-refractivity contribution in [2.24, 2.45) is 5.73 Å². The van der Waals surface area contributed by atoms with Gasteiger partial charge < -0.3 is 10.5 Å². The Morgan fingerprint density at radius 1 is 1.14 bits per heavy atom. The van der Waals surface area contributed by atoms with Gasteiger partial charge in [-0.1, -0.05) is 48.5 Å². The Morgan fingerprint density at radius 2 is 1.77 bits per heavy atom. The Hall–Kier alpha value is -2.33. The maximum atomic E-state index is 11.6.